The number of piperazine rings is 1. The van der Waals surface area contributed by atoms with Gasteiger partial charge in [0.05, 0.1) is 29.5 Å². The Morgan fingerprint density at radius 1 is 1.05 bits per heavy atom. The van der Waals surface area contributed by atoms with E-state index in [0.29, 0.717) is 12.5 Å². The lowest BCUT2D eigenvalue weighted by Crippen LogP contribution is -2.44. The first-order chi connectivity index (χ1) is 18.3. The van der Waals surface area contributed by atoms with Crippen molar-refractivity contribution < 1.29 is 9.53 Å². The van der Waals surface area contributed by atoms with Crippen molar-refractivity contribution >= 4 is 22.8 Å². The number of pyridine rings is 1. The van der Waals surface area contributed by atoms with Crippen molar-refractivity contribution in [1.29, 1.82) is 0 Å². The number of benzene rings is 1. The number of ether oxygens (including phenoxy) is 1. The highest BCUT2D eigenvalue weighted by Crippen LogP contribution is 2.43. The number of fused-ring (bicyclic) bond motifs is 4. The topological polar surface area (TPSA) is 66.7 Å². The number of carbonyl (C=O) groups is 1. The van der Waals surface area contributed by atoms with Gasteiger partial charge in [0.1, 0.15) is 16.9 Å². The number of imidazole rings is 1. The van der Waals surface area contributed by atoms with E-state index in [2.05, 4.69) is 33.9 Å². The van der Waals surface area contributed by atoms with Crippen LogP contribution in [0.25, 0.3) is 11.0 Å². The number of para-hydroxylation sites is 1. The highest BCUT2D eigenvalue weighted by molar-refractivity contribution is 5.95. The fraction of sp³-hybridized carbons (Fsp3) is 0.567. The smallest absolute Gasteiger partial charge is 0.420 e. The van der Waals surface area contributed by atoms with Gasteiger partial charge in [-0.1, -0.05) is 12.1 Å². The molecule has 202 valence electrons. The third-order valence-corrected chi connectivity index (χ3v) is 8.35. The zero-order valence-electron chi connectivity index (χ0n) is 23.2. The fourth-order valence-corrected chi connectivity index (χ4v) is 6.53. The standard InChI is InChI=1S/C30H40N6O2/c1-30(2,3)38-29(37)36-24-11-5-10-23(34-18-16-33(4)17-19-34)27(24)32-25(36)20-35-15-7-9-22-13-12-21-8-6-14-31-26(21)28(22)35/h5-6,8,10-11,14,22,28H,7,9,12-13,15-20H2,1-4H3/t22-,28+/m0/s1. The summed E-state index contributed by atoms with van der Waals surface area (Å²) in [5, 5.41) is 0. The van der Waals surface area contributed by atoms with E-state index in [1.807, 2.05) is 45.2 Å². The largest absolute Gasteiger partial charge is 0.443 e. The minimum Gasteiger partial charge on any atom is -0.443 e. The highest BCUT2D eigenvalue weighted by Gasteiger charge is 2.38. The molecule has 6 rings (SSSR count). The maximum atomic E-state index is 13.7. The predicted molar refractivity (Wildman–Crippen MR) is 150 cm³/mol. The summed E-state index contributed by atoms with van der Waals surface area (Å²) in [4.78, 5) is 31.0. The lowest BCUT2D eigenvalue weighted by molar-refractivity contribution is 0.0497. The van der Waals surface area contributed by atoms with E-state index in [1.165, 1.54) is 24.1 Å². The summed E-state index contributed by atoms with van der Waals surface area (Å²) in [7, 11) is 2.16. The van der Waals surface area contributed by atoms with Crippen LogP contribution in [0.4, 0.5) is 10.5 Å². The monoisotopic (exact) mass is 516 g/mol. The molecule has 2 aliphatic heterocycles. The van der Waals surface area contributed by atoms with Crippen molar-refractivity contribution in [1.82, 2.24) is 24.3 Å². The van der Waals surface area contributed by atoms with E-state index in [0.717, 1.165) is 68.1 Å². The average molecular weight is 517 g/mol. The summed E-state index contributed by atoms with van der Waals surface area (Å²) in [5.74, 6) is 1.34. The van der Waals surface area contributed by atoms with Crippen molar-refractivity contribution in [3.63, 3.8) is 0 Å². The molecule has 1 aromatic carbocycles. The second-order valence-electron chi connectivity index (χ2n) is 12.2. The van der Waals surface area contributed by atoms with E-state index >= 15 is 0 Å². The molecule has 3 aromatic rings. The molecule has 0 spiro atoms. The van der Waals surface area contributed by atoms with Crippen LogP contribution in [0.5, 0.6) is 0 Å². The SMILES string of the molecule is CN1CCN(c2cccc3c2nc(CN2CCC[C@H]4CCc5cccnc5[C@@H]42)n3C(=O)OC(C)(C)C)CC1. The number of piperidine rings is 1. The Morgan fingerprint density at radius 3 is 2.66 bits per heavy atom. The number of carbonyl (C=O) groups excluding carboxylic acids is 1. The van der Waals surface area contributed by atoms with Crippen molar-refractivity contribution in [2.24, 2.45) is 5.92 Å². The van der Waals surface area contributed by atoms with Crippen LogP contribution in [-0.4, -0.2) is 75.8 Å². The molecule has 4 heterocycles. The van der Waals surface area contributed by atoms with Crippen molar-refractivity contribution in [2.45, 2.75) is 64.6 Å². The summed E-state index contributed by atoms with van der Waals surface area (Å²) in [6.07, 6.45) is 6.24. The van der Waals surface area contributed by atoms with Gasteiger partial charge in [0.15, 0.2) is 0 Å². The van der Waals surface area contributed by atoms with E-state index in [-0.39, 0.29) is 12.1 Å². The maximum absolute atomic E-state index is 13.7. The lowest BCUT2D eigenvalue weighted by Gasteiger charge is -2.44. The Morgan fingerprint density at radius 2 is 1.87 bits per heavy atom. The van der Waals surface area contributed by atoms with E-state index in [9.17, 15) is 4.79 Å². The van der Waals surface area contributed by atoms with Crippen LogP contribution in [0.3, 0.4) is 0 Å². The van der Waals surface area contributed by atoms with E-state index in [4.69, 9.17) is 14.7 Å². The maximum Gasteiger partial charge on any atom is 0.420 e. The predicted octanol–water partition coefficient (Wildman–Crippen LogP) is 4.87. The van der Waals surface area contributed by atoms with Gasteiger partial charge in [0, 0.05) is 32.4 Å². The number of likely N-dealkylation sites (tertiary alicyclic amines) is 1. The molecule has 2 saturated heterocycles. The number of hydrogen-bond donors (Lipinski definition) is 0. The molecule has 0 saturated carbocycles. The van der Waals surface area contributed by atoms with Crippen LogP contribution >= 0.6 is 0 Å². The average Bonchev–Trinajstić information content (AvgIpc) is 3.26. The molecular formula is C30H40N6O2. The number of likely N-dealkylation sites (N-methyl/N-ethyl adjacent to an activating group) is 1. The Bertz CT molecular complexity index is 1320. The minimum atomic E-state index is -0.595. The first-order valence-corrected chi connectivity index (χ1v) is 14.1. The minimum absolute atomic E-state index is 0.262. The molecule has 38 heavy (non-hydrogen) atoms. The second-order valence-corrected chi connectivity index (χ2v) is 12.2. The number of anilines is 1. The molecule has 0 unspecified atom stereocenters. The Hall–Kier alpha value is -2.97. The fourth-order valence-electron chi connectivity index (χ4n) is 6.53. The number of hydrogen-bond acceptors (Lipinski definition) is 7. The summed E-state index contributed by atoms with van der Waals surface area (Å²) in [6.45, 7) is 11.2. The van der Waals surface area contributed by atoms with Crippen LogP contribution in [0.15, 0.2) is 36.5 Å². The second kappa shape index (κ2) is 9.97. The van der Waals surface area contributed by atoms with Gasteiger partial charge in [-0.3, -0.25) is 9.88 Å². The lowest BCUT2D eigenvalue weighted by atomic mass is 9.77. The number of rotatable bonds is 3. The molecule has 8 heteroatoms. The Kier molecular flexibility index (Phi) is 6.64. The van der Waals surface area contributed by atoms with Gasteiger partial charge in [-0.2, -0.15) is 0 Å². The Balaban J connectivity index is 1.41. The van der Waals surface area contributed by atoms with Gasteiger partial charge in [0.2, 0.25) is 0 Å². The van der Waals surface area contributed by atoms with E-state index < -0.39 is 5.60 Å². The highest BCUT2D eigenvalue weighted by atomic mass is 16.6. The third-order valence-electron chi connectivity index (χ3n) is 8.35. The molecule has 0 radical (unpaired) electrons. The molecule has 2 aromatic heterocycles. The normalized spacial score (nSPS) is 22.8. The summed E-state index contributed by atoms with van der Waals surface area (Å²) >= 11 is 0. The van der Waals surface area contributed by atoms with Crippen LogP contribution in [0, 0.1) is 5.92 Å². The van der Waals surface area contributed by atoms with Gasteiger partial charge in [0.25, 0.3) is 0 Å². The number of aryl methyl sites for hydroxylation is 1. The van der Waals surface area contributed by atoms with Gasteiger partial charge >= 0.3 is 6.09 Å². The first kappa shape index (κ1) is 25.3. The zero-order chi connectivity index (χ0) is 26.4. The van der Waals surface area contributed by atoms with Gasteiger partial charge in [-0.25, -0.2) is 14.3 Å². The molecular weight excluding hydrogens is 476 g/mol. The van der Waals surface area contributed by atoms with E-state index in [1.54, 1.807) is 4.57 Å². The van der Waals surface area contributed by atoms with Crippen molar-refractivity contribution in [2.75, 3.05) is 44.7 Å². The molecule has 0 N–H and O–H groups in total. The summed E-state index contributed by atoms with van der Waals surface area (Å²) in [5.41, 5.74) is 4.78. The van der Waals surface area contributed by atoms with Crippen LogP contribution in [0.1, 0.15) is 63.2 Å². The van der Waals surface area contributed by atoms with Crippen LogP contribution in [0.2, 0.25) is 0 Å². The molecule has 1 aliphatic carbocycles. The van der Waals surface area contributed by atoms with Crippen molar-refractivity contribution in [3.8, 4) is 0 Å². The molecule has 2 fully saturated rings. The molecule has 0 bridgehead atoms. The number of nitrogens with zero attached hydrogens (tertiary/aromatic N) is 6. The number of aromatic nitrogens is 3. The summed E-state index contributed by atoms with van der Waals surface area (Å²) < 4.78 is 7.64. The van der Waals surface area contributed by atoms with Crippen LogP contribution in [-0.2, 0) is 17.7 Å². The molecule has 2 atom stereocenters. The quantitative estimate of drug-likeness (QED) is 0.492. The Labute approximate surface area is 225 Å². The zero-order valence-corrected chi connectivity index (χ0v) is 23.2. The molecule has 0 amide bonds. The first-order valence-electron chi connectivity index (χ1n) is 14.1. The summed E-state index contributed by atoms with van der Waals surface area (Å²) in [6, 6.07) is 10.7. The molecule has 8 nitrogen and oxygen atoms in total. The molecule has 3 aliphatic rings. The van der Waals surface area contributed by atoms with Gasteiger partial charge in [-0.15, -0.1) is 0 Å². The third kappa shape index (κ3) is 4.80. The van der Waals surface area contributed by atoms with Crippen LogP contribution < -0.4 is 4.90 Å². The van der Waals surface area contributed by atoms with Gasteiger partial charge in [-0.05, 0) is 89.7 Å². The van der Waals surface area contributed by atoms with Gasteiger partial charge < -0.3 is 14.5 Å². The van der Waals surface area contributed by atoms with Crippen molar-refractivity contribution in [3.05, 3.63) is 53.6 Å².